The Hall–Kier alpha value is -3.28. The summed E-state index contributed by atoms with van der Waals surface area (Å²) >= 11 is 12.7. The van der Waals surface area contributed by atoms with Crippen molar-refractivity contribution in [3.05, 3.63) is 99.2 Å². The van der Waals surface area contributed by atoms with Crippen molar-refractivity contribution in [2.75, 3.05) is 0 Å². The predicted octanol–water partition coefficient (Wildman–Crippen LogP) is 6.39. The molecule has 0 unspecified atom stereocenters. The van der Waals surface area contributed by atoms with Gasteiger partial charge in [0, 0.05) is 5.39 Å². The Morgan fingerprint density at radius 2 is 1.84 bits per heavy atom. The SMILES string of the molecule is Cc1cccc(COc2c(Cl)cc(/C=N/NC(=O)c3cc4ccccc4o3)cc2Cl)c1. The third kappa shape index (κ3) is 5.08. The van der Waals surface area contributed by atoms with E-state index in [1.807, 2.05) is 49.4 Å². The highest BCUT2D eigenvalue weighted by atomic mass is 35.5. The molecule has 0 aliphatic rings. The van der Waals surface area contributed by atoms with Gasteiger partial charge in [0.1, 0.15) is 12.2 Å². The number of nitrogens with zero attached hydrogens (tertiary/aromatic N) is 1. The van der Waals surface area contributed by atoms with Gasteiger partial charge >= 0.3 is 5.91 Å². The topological polar surface area (TPSA) is 63.8 Å². The molecule has 7 heteroatoms. The second-order valence-corrected chi connectivity index (χ2v) is 7.75. The van der Waals surface area contributed by atoms with Crippen LogP contribution in [0.1, 0.15) is 27.2 Å². The number of aryl methyl sites for hydroxylation is 1. The maximum atomic E-state index is 12.2. The van der Waals surface area contributed by atoms with Gasteiger partial charge in [-0.1, -0.05) is 71.2 Å². The number of furan rings is 1. The zero-order valence-corrected chi connectivity index (χ0v) is 18.1. The molecule has 0 saturated carbocycles. The lowest BCUT2D eigenvalue weighted by Gasteiger charge is -2.11. The average Bonchev–Trinajstić information content (AvgIpc) is 3.18. The molecule has 0 bridgehead atoms. The minimum absolute atomic E-state index is 0.175. The molecule has 0 atom stereocenters. The molecule has 3 aromatic carbocycles. The van der Waals surface area contributed by atoms with Crippen LogP contribution in [0.4, 0.5) is 0 Å². The number of para-hydroxylation sites is 1. The van der Waals surface area contributed by atoms with Gasteiger partial charge in [0.05, 0.1) is 16.3 Å². The smallest absolute Gasteiger partial charge is 0.307 e. The quantitative estimate of drug-likeness (QED) is 0.272. The largest absolute Gasteiger partial charge is 0.486 e. The predicted molar refractivity (Wildman–Crippen MR) is 123 cm³/mol. The number of nitrogens with one attached hydrogen (secondary N) is 1. The summed E-state index contributed by atoms with van der Waals surface area (Å²) in [5, 5.41) is 5.51. The van der Waals surface area contributed by atoms with Crippen molar-refractivity contribution < 1.29 is 13.9 Å². The van der Waals surface area contributed by atoms with Crippen LogP contribution in [0, 0.1) is 6.92 Å². The Bertz CT molecular complexity index is 1220. The molecule has 4 aromatic rings. The van der Waals surface area contributed by atoms with Gasteiger partial charge < -0.3 is 9.15 Å². The van der Waals surface area contributed by atoms with E-state index in [1.54, 1.807) is 24.3 Å². The van der Waals surface area contributed by atoms with Gasteiger partial charge in [-0.2, -0.15) is 5.10 Å². The Kier molecular flexibility index (Phi) is 6.26. The number of rotatable bonds is 6. The van der Waals surface area contributed by atoms with Crippen molar-refractivity contribution in [2.45, 2.75) is 13.5 Å². The Labute approximate surface area is 189 Å². The number of hydrogen-bond donors (Lipinski definition) is 1. The first-order valence-corrected chi connectivity index (χ1v) is 10.2. The first kappa shape index (κ1) is 21.0. The Morgan fingerprint density at radius 1 is 1.06 bits per heavy atom. The van der Waals surface area contributed by atoms with Crippen LogP contribution < -0.4 is 10.2 Å². The van der Waals surface area contributed by atoms with Crippen LogP contribution in [0.15, 0.2) is 76.2 Å². The van der Waals surface area contributed by atoms with Gasteiger partial charge in [-0.15, -0.1) is 0 Å². The van der Waals surface area contributed by atoms with Crippen LogP contribution in [0.3, 0.4) is 0 Å². The van der Waals surface area contributed by atoms with Gasteiger partial charge in [-0.05, 0) is 42.3 Å². The molecule has 0 fully saturated rings. The van der Waals surface area contributed by atoms with Crippen molar-refractivity contribution in [2.24, 2.45) is 5.10 Å². The molecule has 5 nitrogen and oxygen atoms in total. The summed E-state index contributed by atoms with van der Waals surface area (Å²) in [7, 11) is 0. The number of halogens is 2. The van der Waals surface area contributed by atoms with Crippen LogP contribution >= 0.6 is 23.2 Å². The summed E-state index contributed by atoms with van der Waals surface area (Å²) in [5.74, 6) is 0.116. The van der Waals surface area contributed by atoms with Gasteiger partial charge in [-0.25, -0.2) is 5.43 Å². The number of amides is 1. The fraction of sp³-hybridized carbons (Fsp3) is 0.0833. The van der Waals surface area contributed by atoms with Crippen LogP contribution in [0.5, 0.6) is 5.75 Å². The van der Waals surface area contributed by atoms with Crippen LogP contribution in [0.25, 0.3) is 11.0 Å². The summed E-state index contributed by atoms with van der Waals surface area (Å²) < 4.78 is 11.3. The molecule has 31 heavy (non-hydrogen) atoms. The fourth-order valence-electron chi connectivity index (χ4n) is 3.06. The molecule has 0 saturated heterocycles. The van der Waals surface area contributed by atoms with Crippen molar-refractivity contribution in [1.29, 1.82) is 0 Å². The third-order valence-electron chi connectivity index (χ3n) is 4.52. The number of carbonyl (C=O) groups excluding carboxylic acids is 1. The van der Waals surface area contributed by atoms with Crippen molar-refractivity contribution in [3.8, 4) is 5.75 Å². The molecule has 0 aliphatic carbocycles. The van der Waals surface area contributed by atoms with E-state index in [0.717, 1.165) is 16.5 Å². The number of fused-ring (bicyclic) bond motifs is 1. The molecule has 0 aliphatic heterocycles. The molecule has 0 spiro atoms. The normalized spacial score (nSPS) is 11.2. The maximum absolute atomic E-state index is 12.2. The second kappa shape index (κ2) is 9.25. The molecular formula is C24H18Cl2N2O3. The van der Waals surface area contributed by atoms with Gasteiger partial charge in [-0.3, -0.25) is 4.79 Å². The molecule has 1 heterocycles. The summed E-state index contributed by atoms with van der Waals surface area (Å²) in [5.41, 5.74) is 5.85. The first-order valence-electron chi connectivity index (χ1n) is 9.49. The monoisotopic (exact) mass is 452 g/mol. The molecule has 0 radical (unpaired) electrons. The van der Waals surface area contributed by atoms with Gasteiger partial charge in [0.2, 0.25) is 0 Å². The summed E-state index contributed by atoms with van der Waals surface area (Å²) in [6.45, 7) is 2.37. The van der Waals surface area contributed by atoms with Gasteiger partial charge in [0.15, 0.2) is 11.5 Å². The fourth-order valence-corrected chi connectivity index (χ4v) is 3.68. The highest BCUT2D eigenvalue weighted by Gasteiger charge is 2.12. The number of benzene rings is 3. The van der Waals surface area contributed by atoms with E-state index in [9.17, 15) is 4.79 Å². The zero-order valence-electron chi connectivity index (χ0n) is 16.6. The minimum Gasteiger partial charge on any atom is -0.486 e. The lowest BCUT2D eigenvalue weighted by atomic mass is 10.1. The summed E-state index contributed by atoms with van der Waals surface area (Å²) in [6, 6.07) is 20.4. The molecular weight excluding hydrogens is 435 g/mol. The highest BCUT2D eigenvalue weighted by molar-refractivity contribution is 6.37. The average molecular weight is 453 g/mol. The molecule has 1 N–H and O–H groups in total. The maximum Gasteiger partial charge on any atom is 0.307 e. The lowest BCUT2D eigenvalue weighted by molar-refractivity contribution is 0.0929. The minimum atomic E-state index is -0.456. The number of hydrazone groups is 1. The van der Waals surface area contributed by atoms with E-state index in [0.29, 0.717) is 33.5 Å². The van der Waals surface area contributed by atoms with Crippen LogP contribution in [0.2, 0.25) is 10.0 Å². The third-order valence-corrected chi connectivity index (χ3v) is 5.08. The number of carbonyl (C=O) groups is 1. The number of hydrogen-bond acceptors (Lipinski definition) is 4. The van der Waals surface area contributed by atoms with Crippen molar-refractivity contribution in [1.82, 2.24) is 5.43 Å². The van der Waals surface area contributed by atoms with Gasteiger partial charge in [0.25, 0.3) is 0 Å². The Balaban J connectivity index is 1.41. The van der Waals surface area contributed by atoms with E-state index in [-0.39, 0.29) is 5.76 Å². The molecule has 1 aromatic heterocycles. The zero-order chi connectivity index (χ0) is 21.8. The van der Waals surface area contributed by atoms with E-state index in [1.165, 1.54) is 6.21 Å². The number of ether oxygens (including phenoxy) is 1. The van der Waals surface area contributed by atoms with E-state index in [2.05, 4.69) is 10.5 Å². The van der Waals surface area contributed by atoms with E-state index >= 15 is 0 Å². The van der Waals surface area contributed by atoms with Crippen LogP contribution in [-0.2, 0) is 6.61 Å². The standard InChI is InChI=1S/C24H18Cl2N2O3/c1-15-5-4-6-16(9-15)14-30-23-19(25)10-17(11-20(23)26)13-27-28-24(29)22-12-18-7-2-3-8-21(18)31-22/h2-13H,14H2,1H3,(H,28,29)/b27-13+. The van der Waals surface area contributed by atoms with Crippen LogP contribution in [-0.4, -0.2) is 12.1 Å². The second-order valence-electron chi connectivity index (χ2n) is 6.94. The first-order chi connectivity index (χ1) is 15.0. The van der Waals surface area contributed by atoms with E-state index < -0.39 is 5.91 Å². The molecule has 1 amide bonds. The molecule has 156 valence electrons. The lowest BCUT2D eigenvalue weighted by Crippen LogP contribution is -2.16. The van der Waals surface area contributed by atoms with Crippen molar-refractivity contribution >= 4 is 46.3 Å². The Morgan fingerprint density at radius 3 is 2.58 bits per heavy atom. The van der Waals surface area contributed by atoms with E-state index in [4.69, 9.17) is 32.4 Å². The summed E-state index contributed by atoms with van der Waals surface area (Å²) in [6.07, 6.45) is 1.45. The van der Waals surface area contributed by atoms with Crippen molar-refractivity contribution in [3.63, 3.8) is 0 Å². The highest BCUT2D eigenvalue weighted by Crippen LogP contribution is 2.34. The molecule has 4 rings (SSSR count). The summed E-state index contributed by atoms with van der Waals surface area (Å²) in [4.78, 5) is 12.2.